The minimum Gasteiger partial charge on any atom is -0.361 e. The molecule has 1 saturated heterocycles. The first-order valence-electron chi connectivity index (χ1n) is 9.89. The van der Waals surface area contributed by atoms with Gasteiger partial charge in [0.1, 0.15) is 6.04 Å². The maximum absolute atomic E-state index is 12.7. The van der Waals surface area contributed by atoms with Crippen LogP contribution in [0.25, 0.3) is 10.9 Å². The van der Waals surface area contributed by atoms with E-state index in [0.29, 0.717) is 13.0 Å². The molecule has 2 aromatic heterocycles. The van der Waals surface area contributed by atoms with Crippen molar-refractivity contribution in [1.82, 2.24) is 20.1 Å². The van der Waals surface area contributed by atoms with Crippen LogP contribution in [0.2, 0.25) is 0 Å². The lowest BCUT2D eigenvalue weighted by Crippen LogP contribution is -2.30. The van der Waals surface area contributed by atoms with Crippen molar-refractivity contribution in [2.24, 2.45) is 0 Å². The maximum Gasteiger partial charge on any atom is 0.325 e. The van der Waals surface area contributed by atoms with Gasteiger partial charge < -0.3 is 15.2 Å². The largest absolute Gasteiger partial charge is 0.361 e. The summed E-state index contributed by atoms with van der Waals surface area (Å²) < 4.78 is 0. The Bertz CT molecular complexity index is 1010. The third-order valence-electron chi connectivity index (χ3n) is 5.38. The topological polar surface area (TPSA) is 68.4 Å². The summed E-state index contributed by atoms with van der Waals surface area (Å²) >= 11 is 1.55. The molecular weight excluding hydrogens is 384 g/mol. The standard InChI is InChI=1S/C22H26N4O2S/c1-25(2)10-9-16-13-23-19-7-5-15(12-18(16)19)6-8-20-21(27)26(22(28)24-20)14-17-4-3-11-29-17/h3-5,7,11-13,20,23H,6,8-10,14H2,1-2H3,(H,24,28). The minimum absolute atomic E-state index is 0.127. The number of H-pyrrole nitrogens is 1. The average Bonchev–Trinajstić information content (AvgIpc) is 3.41. The summed E-state index contributed by atoms with van der Waals surface area (Å²) in [4.78, 5) is 32.8. The maximum atomic E-state index is 12.7. The summed E-state index contributed by atoms with van der Waals surface area (Å²) in [6.07, 6.45) is 4.43. The first-order valence-corrected chi connectivity index (χ1v) is 10.8. The SMILES string of the molecule is CN(C)CCc1c[nH]c2ccc(CCC3NC(=O)N(Cc4cccs4)C3=O)cc12. The van der Waals surface area contributed by atoms with Gasteiger partial charge in [0.25, 0.3) is 5.91 Å². The molecule has 3 aromatic rings. The Balaban J connectivity index is 1.41. The quantitative estimate of drug-likeness (QED) is 0.560. The molecule has 29 heavy (non-hydrogen) atoms. The second-order valence-electron chi connectivity index (χ2n) is 7.79. The summed E-state index contributed by atoms with van der Waals surface area (Å²) in [5, 5.41) is 6.04. The third kappa shape index (κ3) is 4.36. The molecular formula is C22H26N4O2S. The van der Waals surface area contributed by atoms with Gasteiger partial charge in [0.2, 0.25) is 0 Å². The van der Waals surface area contributed by atoms with Gasteiger partial charge in [-0.3, -0.25) is 9.69 Å². The molecule has 0 bridgehead atoms. The smallest absolute Gasteiger partial charge is 0.325 e. The summed E-state index contributed by atoms with van der Waals surface area (Å²) in [5.41, 5.74) is 3.62. The molecule has 1 aliphatic heterocycles. The Morgan fingerprint density at radius 1 is 1.17 bits per heavy atom. The number of thiophene rings is 1. The zero-order valence-corrected chi connectivity index (χ0v) is 17.6. The number of nitrogens with zero attached hydrogens (tertiary/aromatic N) is 2. The molecule has 2 N–H and O–H groups in total. The molecule has 0 aliphatic carbocycles. The van der Waals surface area contributed by atoms with Gasteiger partial charge in [-0.25, -0.2) is 4.79 Å². The lowest BCUT2D eigenvalue weighted by molar-refractivity contribution is -0.127. The Kier molecular flexibility index (Phi) is 5.69. The van der Waals surface area contributed by atoms with Crippen LogP contribution in [-0.2, 0) is 24.2 Å². The molecule has 1 fully saturated rings. The molecule has 0 saturated carbocycles. The van der Waals surface area contributed by atoms with Crippen LogP contribution in [0.5, 0.6) is 0 Å². The summed E-state index contributed by atoms with van der Waals surface area (Å²) in [6.45, 7) is 1.35. The molecule has 4 rings (SSSR count). The number of hydrogen-bond acceptors (Lipinski definition) is 4. The number of imide groups is 1. The number of rotatable bonds is 8. The number of carbonyl (C=O) groups excluding carboxylic acids is 2. The van der Waals surface area contributed by atoms with E-state index in [1.165, 1.54) is 21.4 Å². The van der Waals surface area contributed by atoms with Crippen LogP contribution in [-0.4, -0.2) is 53.4 Å². The van der Waals surface area contributed by atoms with Gasteiger partial charge in [0, 0.05) is 28.5 Å². The number of hydrogen-bond donors (Lipinski definition) is 2. The predicted octanol–water partition coefficient (Wildman–Crippen LogP) is 3.39. The Hall–Kier alpha value is -2.64. The lowest BCUT2D eigenvalue weighted by Gasteiger charge is -2.12. The molecule has 1 aromatic carbocycles. The lowest BCUT2D eigenvalue weighted by atomic mass is 10.0. The highest BCUT2D eigenvalue weighted by Gasteiger charge is 2.37. The van der Waals surface area contributed by atoms with Crippen LogP contribution in [0.4, 0.5) is 4.79 Å². The third-order valence-corrected chi connectivity index (χ3v) is 6.24. The van der Waals surface area contributed by atoms with E-state index < -0.39 is 6.04 Å². The van der Waals surface area contributed by atoms with Crippen molar-refractivity contribution in [3.63, 3.8) is 0 Å². The fraction of sp³-hybridized carbons (Fsp3) is 0.364. The first-order chi connectivity index (χ1) is 14.0. The van der Waals surface area contributed by atoms with E-state index in [0.717, 1.165) is 29.8 Å². The molecule has 1 unspecified atom stereocenters. The van der Waals surface area contributed by atoms with Crippen molar-refractivity contribution in [1.29, 1.82) is 0 Å². The Morgan fingerprint density at radius 3 is 2.79 bits per heavy atom. The van der Waals surface area contributed by atoms with Crippen LogP contribution in [0.15, 0.2) is 41.9 Å². The van der Waals surface area contributed by atoms with Gasteiger partial charge >= 0.3 is 6.03 Å². The number of aromatic nitrogens is 1. The summed E-state index contributed by atoms with van der Waals surface area (Å²) in [6, 6.07) is 9.54. The Morgan fingerprint density at radius 2 is 2.03 bits per heavy atom. The van der Waals surface area contributed by atoms with Crippen molar-refractivity contribution in [2.75, 3.05) is 20.6 Å². The molecule has 1 atom stereocenters. The molecule has 1 aliphatic rings. The first kappa shape index (κ1) is 19.7. The Labute approximate surface area is 174 Å². The predicted molar refractivity (Wildman–Crippen MR) is 116 cm³/mol. The monoisotopic (exact) mass is 410 g/mol. The number of aryl methyl sites for hydroxylation is 1. The fourth-order valence-electron chi connectivity index (χ4n) is 3.72. The van der Waals surface area contributed by atoms with Crippen molar-refractivity contribution >= 4 is 34.2 Å². The molecule has 152 valence electrons. The van der Waals surface area contributed by atoms with Gasteiger partial charge in [-0.15, -0.1) is 11.3 Å². The van der Waals surface area contributed by atoms with E-state index >= 15 is 0 Å². The number of carbonyl (C=O) groups is 2. The van der Waals surface area contributed by atoms with Crippen molar-refractivity contribution in [3.8, 4) is 0 Å². The van der Waals surface area contributed by atoms with Crippen LogP contribution in [0.3, 0.4) is 0 Å². The number of nitrogens with one attached hydrogen (secondary N) is 2. The van der Waals surface area contributed by atoms with E-state index in [1.54, 1.807) is 11.3 Å². The molecule has 0 spiro atoms. The van der Waals surface area contributed by atoms with Gasteiger partial charge in [-0.1, -0.05) is 12.1 Å². The highest BCUT2D eigenvalue weighted by atomic mass is 32.1. The van der Waals surface area contributed by atoms with Crippen molar-refractivity contribution < 1.29 is 9.59 Å². The number of urea groups is 1. The van der Waals surface area contributed by atoms with Gasteiger partial charge in [0.05, 0.1) is 6.54 Å². The van der Waals surface area contributed by atoms with E-state index in [1.807, 2.05) is 17.5 Å². The van der Waals surface area contributed by atoms with Gasteiger partial charge in [0.15, 0.2) is 0 Å². The van der Waals surface area contributed by atoms with E-state index in [2.05, 4.69) is 53.7 Å². The van der Waals surface area contributed by atoms with E-state index in [4.69, 9.17) is 0 Å². The second-order valence-corrected chi connectivity index (χ2v) is 8.82. The normalized spacial score (nSPS) is 16.9. The van der Waals surface area contributed by atoms with E-state index in [-0.39, 0.29) is 11.9 Å². The molecule has 3 amide bonds. The molecule has 0 radical (unpaired) electrons. The second kappa shape index (κ2) is 8.39. The van der Waals surface area contributed by atoms with Crippen molar-refractivity contribution in [2.45, 2.75) is 31.8 Å². The number of benzene rings is 1. The number of amides is 3. The summed E-state index contributed by atoms with van der Waals surface area (Å²) in [5.74, 6) is -0.127. The number of aromatic amines is 1. The van der Waals surface area contributed by atoms with Gasteiger partial charge in [-0.2, -0.15) is 0 Å². The fourth-order valence-corrected chi connectivity index (χ4v) is 4.42. The molecule has 3 heterocycles. The summed E-state index contributed by atoms with van der Waals surface area (Å²) in [7, 11) is 4.16. The van der Waals surface area contributed by atoms with Crippen LogP contribution in [0.1, 0.15) is 22.4 Å². The zero-order chi connectivity index (χ0) is 20.4. The van der Waals surface area contributed by atoms with Crippen LogP contribution < -0.4 is 5.32 Å². The van der Waals surface area contributed by atoms with Crippen LogP contribution >= 0.6 is 11.3 Å². The molecule has 7 heteroatoms. The van der Waals surface area contributed by atoms with E-state index in [9.17, 15) is 9.59 Å². The van der Waals surface area contributed by atoms with Gasteiger partial charge in [-0.05, 0) is 68.1 Å². The molecule has 6 nitrogen and oxygen atoms in total. The average molecular weight is 411 g/mol. The van der Waals surface area contributed by atoms with Crippen molar-refractivity contribution in [3.05, 3.63) is 57.9 Å². The number of likely N-dealkylation sites (N-methyl/N-ethyl adjacent to an activating group) is 1. The number of fused-ring (bicyclic) bond motifs is 1. The zero-order valence-electron chi connectivity index (χ0n) is 16.8. The minimum atomic E-state index is -0.447. The highest BCUT2D eigenvalue weighted by molar-refractivity contribution is 7.09. The highest BCUT2D eigenvalue weighted by Crippen LogP contribution is 2.23. The van der Waals surface area contributed by atoms with Crippen LogP contribution in [0, 0.1) is 0 Å².